The number of piperazine rings is 1. The van der Waals surface area contributed by atoms with Crippen LogP contribution in [0.1, 0.15) is 17.2 Å². The van der Waals surface area contributed by atoms with Crippen LogP contribution in [0.3, 0.4) is 0 Å². The molecule has 0 radical (unpaired) electrons. The molecule has 0 spiro atoms. The van der Waals surface area contributed by atoms with E-state index in [4.69, 9.17) is 0 Å². The number of halogens is 5. The van der Waals surface area contributed by atoms with E-state index in [1.165, 1.54) is 11.3 Å². The van der Waals surface area contributed by atoms with Gasteiger partial charge in [-0.15, -0.1) is 0 Å². The molecule has 0 aliphatic carbocycles. The molecular formula is C15H13F5N2S. The van der Waals surface area contributed by atoms with E-state index in [2.05, 4.69) is 5.32 Å². The van der Waals surface area contributed by atoms with Crippen LogP contribution in [-0.4, -0.2) is 31.1 Å². The van der Waals surface area contributed by atoms with Crippen LogP contribution in [0.25, 0.3) is 0 Å². The van der Waals surface area contributed by atoms with Gasteiger partial charge in [-0.25, -0.2) is 22.0 Å². The molecule has 2 heterocycles. The number of rotatable bonds is 3. The Kier molecular flexibility index (Phi) is 4.65. The number of nitrogens with zero attached hydrogens (tertiary/aromatic N) is 1. The van der Waals surface area contributed by atoms with E-state index in [1.807, 2.05) is 0 Å². The molecule has 1 saturated heterocycles. The van der Waals surface area contributed by atoms with Crippen LogP contribution in [-0.2, 0) is 0 Å². The quantitative estimate of drug-likeness (QED) is 0.519. The second-order valence-electron chi connectivity index (χ2n) is 5.23. The van der Waals surface area contributed by atoms with E-state index in [1.54, 1.807) is 21.7 Å². The fourth-order valence-corrected chi connectivity index (χ4v) is 3.47. The summed E-state index contributed by atoms with van der Waals surface area (Å²) in [5.41, 5.74) is -0.276. The Morgan fingerprint density at radius 2 is 1.48 bits per heavy atom. The smallest absolute Gasteiger partial charge is 0.200 e. The second kappa shape index (κ2) is 6.54. The predicted molar refractivity (Wildman–Crippen MR) is 76.8 cm³/mol. The average molecular weight is 348 g/mol. The summed E-state index contributed by atoms with van der Waals surface area (Å²) in [6.45, 7) is 2.05. The van der Waals surface area contributed by atoms with Crippen molar-refractivity contribution in [1.29, 1.82) is 0 Å². The van der Waals surface area contributed by atoms with Crippen LogP contribution in [0.5, 0.6) is 0 Å². The highest BCUT2D eigenvalue weighted by Gasteiger charge is 2.34. The number of benzene rings is 1. The first-order chi connectivity index (χ1) is 11.0. The lowest BCUT2D eigenvalue weighted by molar-refractivity contribution is 0.189. The zero-order valence-electron chi connectivity index (χ0n) is 11.9. The lowest BCUT2D eigenvalue weighted by Crippen LogP contribution is -2.45. The first-order valence-electron chi connectivity index (χ1n) is 7.00. The number of nitrogens with one attached hydrogen (secondary N) is 1. The molecule has 0 saturated carbocycles. The van der Waals surface area contributed by atoms with Gasteiger partial charge in [0.15, 0.2) is 23.3 Å². The number of hydrogen-bond acceptors (Lipinski definition) is 3. The molecule has 1 fully saturated rings. The molecule has 2 aromatic rings. The summed E-state index contributed by atoms with van der Waals surface area (Å²) in [5.74, 6) is -9.48. The second-order valence-corrected chi connectivity index (χ2v) is 6.01. The van der Waals surface area contributed by atoms with Gasteiger partial charge in [-0.2, -0.15) is 11.3 Å². The Bertz CT molecular complexity index is 669. The van der Waals surface area contributed by atoms with E-state index in [0.717, 1.165) is 0 Å². The largest absolute Gasteiger partial charge is 0.314 e. The minimum Gasteiger partial charge on any atom is -0.314 e. The zero-order valence-corrected chi connectivity index (χ0v) is 12.7. The maximum absolute atomic E-state index is 14.2. The molecule has 1 aromatic carbocycles. The Balaban J connectivity index is 2.18. The van der Waals surface area contributed by atoms with Crippen molar-refractivity contribution in [2.45, 2.75) is 6.04 Å². The molecular weight excluding hydrogens is 335 g/mol. The van der Waals surface area contributed by atoms with Gasteiger partial charge in [0.05, 0.1) is 11.6 Å². The van der Waals surface area contributed by atoms with Crippen LogP contribution in [0.2, 0.25) is 0 Å². The maximum Gasteiger partial charge on any atom is 0.200 e. The van der Waals surface area contributed by atoms with Crippen molar-refractivity contribution in [3.63, 3.8) is 0 Å². The van der Waals surface area contributed by atoms with Crippen LogP contribution < -0.4 is 5.32 Å². The van der Waals surface area contributed by atoms with E-state index in [0.29, 0.717) is 31.7 Å². The minimum absolute atomic E-state index is 0.444. The van der Waals surface area contributed by atoms with Crippen molar-refractivity contribution < 1.29 is 22.0 Å². The maximum atomic E-state index is 14.2. The van der Waals surface area contributed by atoms with Crippen LogP contribution in [0, 0.1) is 29.1 Å². The van der Waals surface area contributed by atoms with E-state index >= 15 is 0 Å². The lowest BCUT2D eigenvalue weighted by atomic mass is 9.97. The monoisotopic (exact) mass is 348 g/mol. The Morgan fingerprint density at radius 1 is 0.913 bits per heavy atom. The lowest BCUT2D eigenvalue weighted by Gasteiger charge is -2.35. The molecule has 0 amide bonds. The molecule has 23 heavy (non-hydrogen) atoms. The van der Waals surface area contributed by atoms with Gasteiger partial charge in [0, 0.05) is 26.2 Å². The third-order valence-electron chi connectivity index (χ3n) is 3.89. The van der Waals surface area contributed by atoms with Gasteiger partial charge in [0.1, 0.15) is 0 Å². The van der Waals surface area contributed by atoms with Crippen LogP contribution in [0.4, 0.5) is 22.0 Å². The van der Waals surface area contributed by atoms with E-state index in [-0.39, 0.29) is 0 Å². The fourth-order valence-electron chi connectivity index (χ4n) is 2.79. The summed E-state index contributed by atoms with van der Waals surface area (Å²) < 4.78 is 68.9. The van der Waals surface area contributed by atoms with E-state index in [9.17, 15) is 22.0 Å². The molecule has 1 aromatic heterocycles. The molecule has 1 N–H and O–H groups in total. The normalized spacial score (nSPS) is 17.4. The molecule has 1 atom stereocenters. The van der Waals surface area contributed by atoms with Crippen molar-refractivity contribution in [3.05, 3.63) is 57.0 Å². The van der Waals surface area contributed by atoms with Crippen molar-refractivity contribution in [3.8, 4) is 0 Å². The van der Waals surface area contributed by atoms with Crippen LogP contribution in [0.15, 0.2) is 16.8 Å². The minimum atomic E-state index is -2.13. The van der Waals surface area contributed by atoms with Crippen molar-refractivity contribution in [2.24, 2.45) is 0 Å². The Hall–Kier alpha value is -1.51. The van der Waals surface area contributed by atoms with Crippen molar-refractivity contribution >= 4 is 11.3 Å². The topological polar surface area (TPSA) is 15.3 Å². The number of thiophene rings is 1. The van der Waals surface area contributed by atoms with Crippen LogP contribution >= 0.6 is 11.3 Å². The molecule has 3 rings (SSSR count). The first-order valence-corrected chi connectivity index (χ1v) is 7.94. The van der Waals surface area contributed by atoms with Gasteiger partial charge in [0.25, 0.3) is 0 Å². The molecule has 2 nitrogen and oxygen atoms in total. The molecule has 0 unspecified atom stereocenters. The SMILES string of the molecule is Fc1c(F)c(F)c([C@H](c2ccsc2)N2CCNCC2)c(F)c1F. The van der Waals surface area contributed by atoms with Gasteiger partial charge in [-0.05, 0) is 22.4 Å². The number of hydrogen-bond donors (Lipinski definition) is 1. The summed E-state index contributed by atoms with van der Waals surface area (Å²) in [6, 6.07) is 0.628. The summed E-state index contributed by atoms with van der Waals surface area (Å²) in [5, 5.41) is 6.46. The Morgan fingerprint density at radius 3 is 2.00 bits per heavy atom. The summed E-state index contributed by atoms with van der Waals surface area (Å²) in [6.07, 6.45) is 0. The van der Waals surface area contributed by atoms with Crippen molar-refractivity contribution in [1.82, 2.24) is 10.2 Å². The summed E-state index contributed by atoms with van der Waals surface area (Å²) >= 11 is 1.30. The third-order valence-corrected chi connectivity index (χ3v) is 4.59. The fraction of sp³-hybridized carbons (Fsp3) is 0.333. The Labute approximate surface area is 133 Å². The summed E-state index contributed by atoms with van der Waals surface area (Å²) in [4.78, 5) is 1.72. The summed E-state index contributed by atoms with van der Waals surface area (Å²) in [7, 11) is 0. The van der Waals surface area contributed by atoms with Crippen molar-refractivity contribution in [2.75, 3.05) is 26.2 Å². The van der Waals surface area contributed by atoms with Gasteiger partial charge in [-0.3, -0.25) is 4.90 Å². The van der Waals surface area contributed by atoms with Gasteiger partial charge < -0.3 is 5.32 Å². The molecule has 1 aliphatic heterocycles. The molecule has 1 aliphatic rings. The highest BCUT2D eigenvalue weighted by atomic mass is 32.1. The molecule has 124 valence electrons. The predicted octanol–water partition coefficient (Wildman–Crippen LogP) is 3.44. The standard InChI is InChI=1S/C15H13F5N2S/c16-10-9(11(17)13(19)14(20)12(10)18)15(8-1-6-23-7-8)22-4-2-21-3-5-22/h1,6-7,15,21H,2-5H2/t15-/m0/s1. The highest BCUT2D eigenvalue weighted by Crippen LogP contribution is 2.36. The first kappa shape index (κ1) is 16.4. The third kappa shape index (κ3) is 2.86. The average Bonchev–Trinajstić information content (AvgIpc) is 3.10. The zero-order chi connectivity index (χ0) is 16.6. The molecule has 0 bridgehead atoms. The van der Waals surface area contributed by atoms with Gasteiger partial charge in [0.2, 0.25) is 5.82 Å². The van der Waals surface area contributed by atoms with E-state index < -0.39 is 40.7 Å². The van der Waals surface area contributed by atoms with Gasteiger partial charge in [-0.1, -0.05) is 0 Å². The van der Waals surface area contributed by atoms with Gasteiger partial charge >= 0.3 is 0 Å². The highest BCUT2D eigenvalue weighted by molar-refractivity contribution is 7.08. The molecule has 8 heteroatoms.